The highest BCUT2D eigenvalue weighted by Gasteiger charge is 2.10. The third-order valence-electron chi connectivity index (χ3n) is 2.08. The molecule has 0 saturated carbocycles. The van der Waals surface area contributed by atoms with Gasteiger partial charge < -0.3 is 4.74 Å². The molecule has 15 heavy (non-hydrogen) atoms. The van der Waals surface area contributed by atoms with Crippen molar-refractivity contribution in [1.82, 2.24) is 0 Å². The Bertz CT molecular complexity index is 352. The van der Waals surface area contributed by atoms with Gasteiger partial charge in [-0.15, -0.1) is 11.6 Å². The molecule has 0 aliphatic carbocycles. The molecule has 4 heteroatoms. The Kier molecular flexibility index (Phi) is 5.12. The Morgan fingerprint density at radius 2 is 2.27 bits per heavy atom. The summed E-state index contributed by atoms with van der Waals surface area (Å²) in [4.78, 5) is 11.7. The van der Waals surface area contributed by atoms with E-state index >= 15 is 0 Å². The summed E-state index contributed by atoms with van der Waals surface area (Å²) in [7, 11) is 1.59. The number of carbonyl (C=O) groups is 1. The molecule has 0 spiro atoms. The number of halogens is 2. The molecule has 0 aliphatic heterocycles. The number of carbonyl (C=O) groups excluding carboxylic acids is 1. The van der Waals surface area contributed by atoms with Gasteiger partial charge in [-0.25, -0.2) is 0 Å². The van der Waals surface area contributed by atoms with E-state index in [1.807, 2.05) is 0 Å². The van der Waals surface area contributed by atoms with Gasteiger partial charge in [-0.05, 0) is 23.8 Å². The molecule has 0 unspecified atom stereocenters. The smallest absolute Gasteiger partial charge is 0.164 e. The third kappa shape index (κ3) is 3.21. The number of Topliss-reactive ketones (excluding diaryl/α,β-unsaturated/α-hetero) is 1. The monoisotopic (exact) mass is 290 g/mol. The summed E-state index contributed by atoms with van der Waals surface area (Å²) in [6, 6.07) is 5.34. The van der Waals surface area contributed by atoms with Gasteiger partial charge in [0.1, 0.15) is 5.75 Å². The van der Waals surface area contributed by atoms with Crippen LogP contribution in [0.3, 0.4) is 0 Å². The summed E-state index contributed by atoms with van der Waals surface area (Å²) < 4.78 is 5.07. The Hall–Kier alpha value is -0.540. The van der Waals surface area contributed by atoms with Gasteiger partial charge in [-0.1, -0.05) is 15.9 Å². The molecule has 0 aromatic heterocycles. The minimum absolute atomic E-state index is 0.102. The zero-order valence-corrected chi connectivity index (χ0v) is 10.8. The van der Waals surface area contributed by atoms with Crippen molar-refractivity contribution in [2.45, 2.75) is 12.3 Å². The zero-order valence-electron chi connectivity index (χ0n) is 8.43. The SMILES string of the molecule is COc1ccc(C(=O)CCBr)c(CCl)c1. The molecule has 0 fully saturated rings. The van der Waals surface area contributed by atoms with Gasteiger partial charge in [-0.3, -0.25) is 4.79 Å². The predicted molar refractivity (Wildman–Crippen MR) is 65.3 cm³/mol. The molecule has 0 amide bonds. The van der Waals surface area contributed by atoms with Gasteiger partial charge in [0.2, 0.25) is 0 Å². The highest BCUT2D eigenvalue weighted by atomic mass is 79.9. The average molecular weight is 292 g/mol. The van der Waals surface area contributed by atoms with E-state index in [-0.39, 0.29) is 5.78 Å². The topological polar surface area (TPSA) is 26.3 Å². The summed E-state index contributed by atoms with van der Waals surface area (Å²) in [6.07, 6.45) is 0.482. The number of hydrogen-bond donors (Lipinski definition) is 0. The molecule has 0 saturated heterocycles. The molecule has 82 valence electrons. The molecule has 0 N–H and O–H groups in total. The van der Waals surface area contributed by atoms with E-state index in [1.165, 1.54) is 0 Å². The summed E-state index contributed by atoms with van der Waals surface area (Å²) in [6.45, 7) is 0. The maximum atomic E-state index is 11.7. The van der Waals surface area contributed by atoms with Crippen LogP contribution >= 0.6 is 27.5 Å². The van der Waals surface area contributed by atoms with Crippen molar-refractivity contribution in [2.24, 2.45) is 0 Å². The molecule has 0 bridgehead atoms. The van der Waals surface area contributed by atoms with Crippen molar-refractivity contribution in [3.63, 3.8) is 0 Å². The molecule has 0 atom stereocenters. The van der Waals surface area contributed by atoms with Crippen LogP contribution in [0.1, 0.15) is 22.3 Å². The van der Waals surface area contributed by atoms with E-state index in [0.29, 0.717) is 23.2 Å². The van der Waals surface area contributed by atoms with Crippen LogP contribution < -0.4 is 4.74 Å². The molecular formula is C11H12BrClO2. The first-order chi connectivity index (χ1) is 7.22. The van der Waals surface area contributed by atoms with Crippen molar-refractivity contribution in [3.8, 4) is 5.75 Å². The zero-order chi connectivity index (χ0) is 11.3. The summed E-state index contributed by atoms with van der Waals surface area (Å²) in [5.74, 6) is 1.15. The predicted octanol–water partition coefficient (Wildman–Crippen LogP) is 3.40. The molecule has 0 aliphatic rings. The van der Waals surface area contributed by atoms with Gasteiger partial charge in [0, 0.05) is 23.2 Å². The quantitative estimate of drug-likeness (QED) is 0.614. The van der Waals surface area contributed by atoms with Crippen LogP contribution in [-0.2, 0) is 5.88 Å². The van der Waals surface area contributed by atoms with E-state index in [1.54, 1.807) is 25.3 Å². The third-order valence-corrected chi connectivity index (χ3v) is 2.76. The van der Waals surface area contributed by atoms with Gasteiger partial charge in [-0.2, -0.15) is 0 Å². The van der Waals surface area contributed by atoms with Gasteiger partial charge >= 0.3 is 0 Å². The highest BCUT2D eigenvalue weighted by molar-refractivity contribution is 9.09. The van der Waals surface area contributed by atoms with Crippen LogP contribution in [0.4, 0.5) is 0 Å². The molecule has 1 aromatic rings. The molecule has 0 radical (unpaired) electrons. The molecule has 2 nitrogen and oxygen atoms in total. The molecule has 1 rings (SSSR count). The van der Waals surface area contributed by atoms with E-state index in [4.69, 9.17) is 16.3 Å². The van der Waals surface area contributed by atoms with Crippen molar-refractivity contribution >= 4 is 33.3 Å². The number of methoxy groups -OCH3 is 1. The summed E-state index contributed by atoms with van der Waals surface area (Å²) >= 11 is 9.03. The van der Waals surface area contributed by atoms with Crippen LogP contribution in [0.15, 0.2) is 18.2 Å². The number of hydrogen-bond acceptors (Lipinski definition) is 2. The van der Waals surface area contributed by atoms with Crippen LogP contribution in [0, 0.1) is 0 Å². The maximum Gasteiger partial charge on any atom is 0.164 e. The number of ether oxygens (including phenoxy) is 1. The van der Waals surface area contributed by atoms with Gasteiger partial charge in [0.25, 0.3) is 0 Å². The van der Waals surface area contributed by atoms with Crippen LogP contribution in [0.2, 0.25) is 0 Å². The average Bonchev–Trinajstić information content (AvgIpc) is 2.28. The van der Waals surface area contributed by atoms with E-state index in [9.17, 15) is 4.79 Å². The van der Waals surface area contributed by atoms with Crippen molar-refractivity contribution in [1.29, 1.82) is 0 Å². The van der Waals surface area contributed by atoms with Crippen molar-refractivity contribution in [2.75, 3.05) is 12.4 Å². The Balaban J connectivity index is 3.02. The number of alkyl halides is 2. The largest absolute Gasteiger partial charge is 0.497 e. The van der Waals surface area contributed by atoms with Gasteiger partial charge in [0.05, 0.1) is 7.11 Å². The van der Waals surface area contributed by atoms with Crippen LogP contribution in [-0.4, -0.2) is 18.2 Å². The van der Waals surface area contributed by atoms with Crippen LogP contribution in [0.25, 0.3) is 0 Å². The number of ketones is 1. The summed E-state index contributed by atoms with van der Waals surface area (Å²) in [5, 5.41) is 0.666. The molecule has 1 aromatic carbocycles. The second-order valence-electron chi connectivity index (χ2n) is 3.02. The van der Waals surface area contributed by atoms with Crippen LogP contribution in [0.5, 0.6) is 5.75 Å². The van der Waals surface area contributed by atoms with E-state index < -0.39 is 0 Å². The van der Waals surface area contributed by atoms with Crippen molar-refractivity contribution in [3.05, 3.63) is 29.3 Å². The fraction of sp³-hybridized carbons (Fsp3) is 0.364. The molecule has 0 heterocycles. The number of rotatable bonds is 5. The number of benzene rings is 1. The summed E-state index contributed by atoms with van der Waals surface area (Å²) in [5.41, 5.74) is 1.51. The van der Waals surface area contributed by atoms with E-state index in [0.717, 1.165) is 11.3 Å². The minimum atomic E-state index is 0.102. The van der Waals surface area contributed by atoms with E-state index in [2.05, 4.69) is 15.9 Å². The Labute approximate surface area is 103 Å². The normalized spacial score (nSPS) is 10.1. The second-order valence-corrected chi connectivity index (χ2v) is 4.08. The first-order valence-corrected chi connectivity index (χ1v) is 6.20. The second kappa shape index (κ2) is 6.13. The van der Waals surface area contributed by atoms with Gasteiger partial charge in [0.15, 0.2) is 5.78 Å². The maximum absolute atomic E-state index is 11.7. The standard InChI is InChI=1S/C11H12BrClO2/c1-15-9-2-3-10(8(6-9)7-13)11(14)4-5-12/h2-3,6H,4-5,7H2,1H3. The minimum Gasteiger partial charge on any atom is -0.497 e. The van der Waals surface area contributed by atoms with Crippen molar-refractivity contribution < 1.29 is 9.53 Å². The first kappa shape index (κ1) is 12.5. The fourth-order valence-corrected chi connectivity index (χ4v) is 1.88. The Morgan fingerprint density at radius 3 is 2.80 bits per heavy atom. The first-order valence-electron chi connectivity index (χ1n) is 4.55. The fourth-order valence-electron chi connectivity index (χ4n) is 1.30. The highest BCUT2D eigenvalue weighted by Crippen LogP contribution is 2.20. The lowest BCUT2D eigenvalue weighted by Gasteiger charge is -2.07. The lowest BCUT2D eigenvalue weighted by Crippen LogP contribution is -2.03. The molecular weight excluding hydrogens is 279 g/mol. The Morgan fingerprint density at radius 1 is 1.53 bits per heavy atom. The lowest BCUT2D eigenvalue weighted by atomic mass is 10.0. The lowest BCUT2D eigenvalue weighted by molar-refractivity contribution is 0.0989.